The number of nitrogens with zero attached hydrogens (tertiary/aromatic N) is 2. The Morgan fingerprint density at radius 1 is 0.862 bits per heavy atom. The van der Waals surface area contributed by atoms with E-state index in [1.54, 1.807) is 23.5 Å². The molecule has 0 fully saturated rings. The van der Waals surface area contributed by atoms with Crippen LogP contribution in [0.25, 0.3) is 0 Å². The van der Waals surface area contributed by atoms with Crippen molar-refractivity contribution in [3.63, 3.8) is 0 Å². The highest BCUT2D eigenvalue weighted by atomic mass is 32.3. The highest BCUT2D eigenvalue weighted by Gasteiger charge is 2.04. The van der Waals surface area contributed by atoms with E-state index >= 15 is 0 Å². The van der Waals surface area contributed by atoms with Gasteiger partial charge in [-0.1, -0.05) is 13.2 Å². The summed E-state index contributed by atoms with van der Waals surface area (Å²) in [4.78, 5) is 0. The predicted octanol–water partition coefficient (Wildman–Crippen LogP) is -0.915. The van der Waals surface area contributed by atoms with E-state index in [1.165, 1.54) is 0 Å². The fraction of sp³-hybridized carbons (Fsp3) is 0.625. The number of hydrogen-bond acceptors (Lipinski definition) is 8. The van der Waals surface area contributed by atoms with Gasteiger partial charge in [-0.3, -0.25) is 29.0 Å². The highest BCUT2D eigenvalue weighted by Crippen LogP contribution is 1.99. The van der Waals surface area contributed by atoms with Gasteiger partial charge in [0, 0.05) is 35.0 Å². The zero-order valence-corrected chi connectivity index (χ0v) is 20.2. The standard InChI is InChI=1S/2C8H17N3S.H2O4S/c2*1-7(2)6-11(3)8(10)12-5-4-9;1-5(2,3)4/h2*10H,1,4-6,9H2,2-3H3;(H2,1,2,3,4). The summed E-state index contributed by atoms with van der Waals surface area (Å²) in [6.07, 6.45) is 0. The topological polar surface area (TPSA) is 190 Å². The van der Waals surface area contributed by atoms with Crippen LogP contribution in [0, 0.1) is 0 Å². The molecule has 0 aromatic heterocycles. The SMILES string of the molecule is C=C(C)C[N+](C)=C(N)SCCN.C=C(C)C[N+](C)=C(N)SCCN.O=S(=O)([O-])[O-]. The second-order valence-electron chi connectivity index (χ2n) is 5.99. The van der Waals surface area contributed by atoms with Gasteiger partial charge in [0.15, 0.2) is 0 Å². The Bertz CT molecular complexity index is 614. The van der Waals surface area contributed by atoms with E-state index in [0.717, 1.165) is 46.1 Å². The number of thioether (sulfide) groups is 2. The number of likely N-dealkylation sites (N-methyl/N-ethyl adjacent to an activating group) is 2. The smallest absolute Gasteiger partial charge is 0.304 e. The first kappa shape index (κ1) is 32.6. The van der Waals surface area contributed by atoms with Gasteiger partial charge in [-0.15, -0.1) is 0 Å². The Labute approximate surface area is 183 Å². The van der Waals surface area contributed by atoms with Crippen molar-refractivity contribution in [3.8, 4) is 0 Å². The molecule has 29 heavy (non-hydrogen) atoms. The molecule has 0 saturated heterocycles. The minimum Gasteiger partial charge on any atom is -0.759 e. The van der Waals surface area contributed by atoms with Gasteiger partial charge in [0.1, 0.15) is 13.1 Å². The van der Waals surface area contributed by atoms with Gasteiger partial charge in [-0.2, -0.15) is 0 Å². The molecule has 0 aromatic rings. The van der Waals surface area contributed by atoms with Crippen molar-refractivity contribution in [2.45, 2.75) is 13.8 Å². The molecule has 0 bridgehead atoms. The molecule has 0 saturated carbocycles. The van der Waals surface area contributed by atoms with E-state index < -0.39 is 10.4 Å². The zero-order chi connectivity index (χ0) is 23.6. The fourth-order valence-corrected chi connectivity index (χ4v) is 2.74. The minimum absolute atomic E-state index is 0.659. The van der Waals surface area contributed by atoms with Crippen LogP contribution in [0.4, 0.5) is 0 Å². The molecular formula is C16H36N6O4S3. The lowest BCUT2D eigenvalue weighted by atomic mass is 10.3. The van der Waals surface area contributed by atoms with E-state index in [-0.39, 0.29) is 0 Å². The molecule has 0 aromatic carbocycles. The minimum atomic E-state index is -5.17. The number of hydrogen-bond donors (Lipinski definition) is 4. The lowest BCUT2D eigenvalue weighted by molar-refractivity contribution is -0.486. The Morgan fingerprint density at radius 3 is 1.28 bits per heavy atom. The molecule has 0 unspecified atom stereocenters. The fourth-order valence-electron chi connectivity index (χ4n) is 1.51. The van der Waals surface area contributed by atoms with Crippen LogP contribution in [0.1, 0.15) is 13.8 Å². The average Bonchev–Trinajstić information content (AvgIpc) is 2.55. The van der Waals surface area contributed by atoms with Crippen LogP contribution in [0.15, 0.2) is 24.3 Å². The quantitative estimate of drug-likeness (QED) is 0.0858. The molecule has 8 N–H and O–H groups in total. The summed E-state index contributed by atoms with van der Waals surface area (Å²) in [6, 6.07) is 0. The van der Waals surface area contributed by atoms with Crippen LogP contribution in [-0.4, -0.2) is 88.8 Å². The zero-order valence-electron chi connectivity index (χ0n) is 17.7. The third kappa shape index (κ3) is 31.8. The first-order valence-corrected chi connectivity index (χ1v) is 11.7. The number of rotatable bonds is 8. The Hall–Kier alpha value is -1.09. The second kappa shape index (κ2) is 18.9. The van der Waals surface area contributed by atoms with Crippen molar-refractivity contribution >= 4 is 44.3 Å². The Morgan fingerprint density at radius 2 is 1.10 bits per heavy atom. The van der Waals surface area contributed by atoms with Crippen LogP contribution in [-0.2, 0) is 10.4 Å². The van der Waals surface area contributed by atoms with Crippen LogP contribution in [0.2, 0.25) is 0 Å². The molecular weight excluding hydrogens is 436 g/mol. The van der Waals surface area contributed by atoms with Gasteiger partial charge >= 0.3 is 10.3 Å². The summed E-state index contributed by atoms with van der Waals surface area (Å²) in [6.45, 7) is 14.5. The molecule has 0 atom stereocenters. The average molecular weight is 473 g/mol. The monoisotopic (exact) mass is 472 g/mol. The molecule has 0 aliphatic heterocycles. The predicted molar refractivity (Wildman–Crippen MR) is 124 cm³/mol. The van der Waals surface area contributed by atoms with E-state index in [4.69, 9.17) is 40.5 Å². The second-order valence-corrected chi connectivity index (χ2v) is 9.03. The van der Waals surface area contributed by atoms with Crippen molar-refractivity contribution in [1.82, 2.24) is 0 Å². The molecule has 0 spiro atoms. The molecule has 0 aliphatic carbocycles. The Balaban J connectivity index is -0.000000380. The summed E-state index contributed by atoms with van der Waals surface area (Å²) in [5.74, 6) is 1.73. The van der Waals surface area contributed by atoms with E-state index in [1.807, 2.05) is 37.1 Å². The van der Waals surface area contributed by atoms with Crippen molar-refractivity contribution in [2.24, 2.45) is 22.9 Å². The summed E-state index contributed by atoms with van der Waals surface area (Å²) in [7, 11) is -1.26. The maximum Gasteiger partial charge on any atom is 0.304 e. The van der Waals surface area contributed by atoms with Crippen molar-refractivity contribution in [2.75, 3.05) is 51.8 Å². The third-order valence-corrected chi connectivity index (χ3v) is 4.60. The van der Waals surface area contributed by atoms with Crippen LogP contribution in [0.3, 0.4) is 0 Å². The third-order valence-electron chi connectivity index (χ3n) is 2.50. The summed E-state index contributed by atoms with van der Waals surface area (Å²) < 4.78 is 38.0. The molecule has 0 aliphatic rings. The van der Waals surface area contributed by atoms with Crippen LogP contribution in [0.5, 0.6) is 0 Å². The van der Waals surface area contributed by atoms with Gasteiger partial charge < -0.3 is 20.6 Å². The van der Waals surface area contributed by atoms with Gasteiger partial charge in [0.05, 0.1) is 14.1 Å². The number of nitrogens with two attached hydrogens (primary N) is 4. The first-order chi connectivity index (χ1) is 13.1. The normalized spacial score (nSPS) is 12.4. The first-order valence-electron chi connectivity index (χ1n) is 8.43. The van der Waals surface area contributed by atoms with Crippen molar-refractivity contribution in [3.05, 3.63) is 24.3 Å². The molecule has 172 valence electrons. The maximum atomic E-state index is 8.52. The largest absolute Gasteiger partial charge is 0.759 e. The van der Waals surface area contributed by atoms with Gasteiger partial charge in [-0.25, -0.2) is 0 Å². The number of amidine groups is 2. The van der Waals surface area contributed by atoms with Crippen molar-refractivity contribution in [1.29, 1.82) is 0 Å². The van der Waals surface area contributed by atoms with Crippen molar-refractivity contribution < 1.29 is 26.7 Å². The molecule has 0 radical (unpaired) electrons. The lowest BCUT2D eigenvalue weighted by Gasteiger charge is -2.06. The summed E-state index contributed by atoms with van der Waals surface area (Å²) >= 11 is 3.16. The molecule has 13 heteroatoms. The summed E-state index contributed by atoms with van der Waals surface area (Å²) in [5, 5.41) is 1.62. The molecule has 0 heterocycles. The molecule has 0 amide bonds. The maximum absolute atomic E-state index is 8.52. The summed E-state index contributed by atoms with van der Waals surface area (Å²) in [5.41, 5.74) is 24.4. The highest BCUT2D eigenvalue weighted by molar-refractivity contribution is 8.13. The van der Waals surface area contributed by atoms with Gasteiger partial charge in [-0.05, 0) is 48.5 Å². The molecule has 10 nitrogen and oxygen atoms in total. The van der Waals surface area contributed by atoms with E-state index in [2.05, 4.69) is 13.2 Å². The Kier molecular flexibility index (Phi) is 21.2. The molecule has 0 rings (SSSR count). The van der Waals surface area contributed by atoms with Crippen LogP contribution >= 0.6 is 23.5 Å². The van der Waals surface area contributed by atoms with Gasteiger partial charge in [0.25, 0.3) is 0 Å². The van der Waals surface area contributed by atoms with E-state index in [9.17, 15) is 0 Å². The van der Waals surface area contributed by atoms with Gasteiger partial charge in [0.2, 0.25) is 0 Å². The lowest BCUT2D eigenvalue weighted by Crippen LogP contribution is -2.25. The van der Waals surface area contributed by atoms with Crippen LogP contribution < -0.4 is 22.9 Å². The van der Waals surface area contributed by atoms with E-state index in [0.29, 0.717) is 13.1 Å².